The molecule has 2 bridgehead atoms. The number of phenols is 1. The quantitative estimate of drug-likeness (QED) is 0.441. The Hall–Kier alpha value is -3.49. The monoisotopic (exact) mass is 498 g/mol. The molecule has 3 aliphatic heterocycles. The first-order chi connectivity index (χ1) is 17.9. The Balaban J connectivity index is 1.39. The topological polar surface area (TPSA) is 67.8 Å². The van der Waals surface area contributed by atoms with E-state index in [1.54, 1.807) is 12.1 Å². The van der Waals surface area contributed by atoms with Crippen LogP contribution in [-0.2, 0) is 0 Å². The van der Waals surface area contributed by atoms with Gasteiger partial charge in [0.15, 0.2) is 5.82 Å². The van der Waals surface area contributed by atoms with E-state index in [-0.39, 0.29) is 11.6 Å². The SMILES string of the molecule is CN(C)C1CN(c2nc(N3CC4CCC(C3)N4)c3ccc(-c4cc(O)cc5ccccc45)c(F)c3n2)C1. The van der Waals surface area contributed by atoms with Gasteiger partial charge in [0.05, 0.1) is 0 Å². The van der Waals surface area contributed by atoms with Gasteiger partial charge in [-0.3, -0.25) is 0 Å². The van der Waals surface area contributed by atoms with E-state index >= 15 is 4.39 Å². The summed E-state index contributed by atoms with van der Waals surface area (Å²) in [7, 11) is 4.16. The van der Waals surface area contributed by atoms with Crippen LogP contribution < -0.4 is 15.1 Å². The summed E-state index contributed by atoms with van der Waals surface area (Å²) in [6.45, 7) is 3.37. The van der Waals surface area contributed by atoms with E-state index in [0.29, 0.717) is 40.7 Å². The molecule has 7 nitrogen and oxygen atoms in total. The molecule has 190 valence electrons. The van der Waals surface area contributed by atoms with Gasteiger partial charge in [-0.1, -0.05) is 30.3 Å². The highest BCUT2D eigenvalue weighted by molar-refractivity contribution is 6.01. The normalized spacial score (nSPS) is 21.8. The number of benzene rings is 3. The number of fused-ring (bicyclic) bond motifs is 4. The molecule has 3 saturated heterocycles. The molecule has 2 N–H and O–H groups in total. The lowest BCUT2D eigenvalue weighted by Gasteiger charge is -2.43. The average Bonchev–Trinajstić information content (AvgIpc) is 3.19. The van der Waals surface area contributed by atoms with Crippen LogP contribution in [-0.4, -0.2) is 78.4 Å². The number of hydrogen-bond donors (Lipinski definition) is 2. The van der Waals surface area contributed by atoms with Crippen molar-refractivity contribution in [1.29, 1.82) is 0 Å². The smallest absolute Gasteiger partial charge is 0.228 e. The lowest BCUT2D eigenvalue weighted by atomic mass is 9.96. The molecular formula is C29H31FN6O. The molecule has 3 aliphatic rings. The van der Waals surface area contributed by atoms with Crippen LogP contribution in [0.5, 0.6) is 5.75 Å². The lowest BCUT2D eigenvalue weighted by Crippen LogP contribution is -2.58. The standard InChI is InChI=1S/C29H31FN6O/c1-34(2)20-15-36(16-20)29-32-27-24(28(33-29)35-13-18-7-8-19(14-35)31-18)10-9-23(26(27)30)25-12-21(37)11-17-5-3-4-6-22(17)25/h3-6,9-12,18-20,31,37H,7-8,13-16H2,1-2H3. The number of piperazine rings is 1. The van der Waals surface area contributed by atoms with Crippen LogP contribution in [0.3, 0.4) is 0 Å². The first-order valence-corrected chi connectivity index (χ1v) is 13.1. The molecule has 2 unspecified atom stereocenters. The van der Waals surface area contributed by atoms with Crippen LogP contribution in [0.4, 0.5) is 16.2 Å². The number of halogens is 1. The number of phenolic OH excluding ortho intramolecular Hbond substituents is 1. The van der Waals surface area contributed by atoms with Gasteiger partial charge in [0.25, 0.3) is 0 Å². The average molecular weight is 499 g/mol. The van der Waals surface area contributed by atoms with Crippen molar-refractivity contribution in [3.8, 4) is 16.9 Å². The molecule has 0 aliphatic carbocycles. The second-order valence-corrected chi connectivity index (χ2v) is 11.0. The number of likely N-dealkylation sites (N-methyl/N-ethyl adjacent to an activating group) is 1. The fraction of sp³-hybridized carbons (Fsp3) is 0.379. The van der Waals surface area contributed by atoms with Gasteiger partial charge in [-0.25, -0.2) is 9.37 Å². The highest BCUT2D eigenvalue weighted by atomic mass is 19.1. The Bertz CT molecular complexity index is 1510. The lowest BCUT2D eigenvalue weighted by molar-refractivity contribution is 0.245. The van der Waals surface area contributed by atoms with Gasteiger partial charge >= 0.3 is 0 Å². The number of aromatic hydroxyl groups is 1. The van der Waals surface area contributed by atoms with E-state index in [1.165, 1.54) is 0 Å². The molecule has 4 aromatic rings. The maximum Gasteiger partial charge on any atom is 0.228 e. The predicted molar refractivity (Wildman–Crippen MR) is 146 cm³/mol. The molecule has 0 amide bonds. The number of aromatic nitrogens is 2. The molecule has 37 heavy (non-hydrogen) atoms. The number of nitrogens with one attached hydrogen (secondary N) is 1. The number of anilines is 2. The van der Waals surface area contributed by atoms with Crippen molar-refractivity contribution >= 4 is 33.4 Å². The fourth-order valence-electron chi connectivity index (χ4n) is 6.16. The minimum absolute atomic E-state index is 0.115. The molecular weight excluding hydrogens is 467 g/mol. The molecule has 8 heteroatoms. The van der Waals surface area contributed by atoms with Crippen molar-refractivity contribution in [2.45, 2.75) is 31.0 Å². The third kappa shape index (κ3) is 3.78. The van der Waals surface area contributed by atoms with Gasteiger partial charge in [0.2, 0.25) is 5.95 Å². The Morgan fingerprint density at radius 2 is 1.65 bits per heavy atom. The largest absolute Gasteiger partial charge is 0.508 e. The van der Waals surface area contributed by atoms with E-state index in [4.69, 9.17) is 9.97 Å². The Kier molecular flexibility index (Phi) is 5.23. The molecule has 0 saturated carbocycles. The molecule has 4 heterocycles. The van der Waals surface area contributed by atoms with E-state index in [9.17, 15) is 5.11 Å². The molecule has 0 spiro atoms. The van der Waals surface area contributed by atoms with Crippen LogP contribution in [0.15, 0.2) is 48.5 Å². The van der Waals surface area contributed by atoms with E-state index in [1.807, 2.05) is 36.4 Å². The van der Waals surface area contributed by atoms with E-state index in [0.717, 1.165) is 61.0 Å². The summed E-state index contributed by atoms with van der Waals surface area (Å²) in [5, 5.41) is 16.6. The molecule has 1 aromatic heterocycles. The molecule has 7 rings (SSSR count). The van der Waals surface area contributed by atoms with E-state index in [2.05, 4.69) is 34.1 Å². The first-order valence-electron chi connectivity index (χ1n) is 13.1. The number of nitrogens with zero attached hydrogens (tertiary/aromatic N) is 5. The zero-order valence-electron chi connectivity index (χ0n) is 21.2. The Labute approximate surface area is 215 Å². The van der Waals surface area contributed by atoms with Crippen LogP contribution in [0.1, 0.15) is 12.8 Å². The summed E-state index contributed by atoms with van der Waals surface area (Å²) < 4.78 is 16.5. The van der Waals surface area contributed by atoms with Crippen molar-refractivity contribution in [3.63, 3.8) is 0 Å². The summed E-state index contributed by atoms with van der Waals surface area (Å²) in [6, 6.07) is 16.2. The maximum atomic E-state index is 16.5. The zero-order valence-corrected chi connectivity index (χ0v) is 21.2. The highest BCUT2D eigenvalue weighted by Gasteiger charge is 2.35. The fourth-order valence-corrected chi connectivity index (χ4v) is 6.16. The summed E-state index contributed by atoms with van der Waals surface area (Å²) >= 11 is 0. The predicted octanol–water partition coefficient (Wildman–Crippen LogP) is 3.99. The zero-order chi connectivity index (χ0) is 25.3. The van der Waals surface area contributed by atoms with Crippen molar-refractivity contribution in [3.05, 3.63) is 54.3 Å². The van der Waals surface area contributed by atoms with Gasteiger partial charge in [-0.2, -0.15) is 4.98 Å². The summed E-state index contributed by atoms with van der Waals surface area (Å²) in [4.78, 5) is 16.5. The van der Waals surface area contributed by atoms with Gasteiger partial charge in [0, 0.05) is 55.3 Å². The van der Waals surface area contributed by atoms with Crippen LogP contribution in [0.25, 0.3) is 32.8 Å². The van der Waals surface area contributed by atoms with Crippen molar-refractivity contribution in [1.82, 2.24) is 20.2 Å². The molecule has 3 aromatic carbocycles. The Morgan fingerprint density at radius 1 is 0.892 bits per heavy atom. The van der Waals surface area contributed by atoms with Crippen molar-refractivity contribution in [2.24, 2.45) is 0 Å². The minimum atomic E-state index is -0.374. The minimum Gasteiger partial charge on any atom is -0.508 e. The first kappa shape index (κ1) is 22.7. The maximum absolute atomic E-state index is 16.5. The summed E-state index contributed by atoms with van der Waals surface area (Å²) in [5.41, 5.74) is 1.43. The van der Waals surface area contributed by atoms with Gasteiger partial charge in [0.1, 0.15) is 17.1 Å². The van der Waals surface area contributed by atoms with Crippen LogP contribution in [0.2, 0.25) is 0 Å². The number of rotatable bonds is 4. The Morgan fingerprint density at radius 3 is 2.41 bits per heavy atom. The van der Waals surface area contributed by atoms with Gasteiger partial charge < -0.3 is 25.1 Å². The molecule has 0 radical (unpaired) electrons. The third-order valence-electron chi connectivity index (χ3n) is 8.30. The second kappa shape index (κ2) is 8.53. The van der Waals surface area contributed by atoms with Crippen molar-refractivity contribution in [2.75, 3.05) is 50.1 Å². The van der Waals surface area contributed by atoms with Crippen LogP contribution >= 0.6 is 0 Å². The van der Waals surface area contributed by atoms with Gasteiger partial charge in [-0.05, 0) is 61.5 Å². The molecule has 3 fully saturated rings. The van der Waals surface area contributed by atoms with E-state index < -0.39 is 0 Å². The van der Waals surface area contributed by atoms with Crippen molar-refractivity contribution < 1.29 is 9.50 Å². The van der Waals surface area contributed by atoms with Gasteiger partial charge in [-0.15, -0.1) is 0 Å². The summed E-state index contributed by atoms with van der Waals surface area (Å²) in [6.07, 6.45) is 2.33. The second-order valence-electron chi connectivity index (χ2n) is 11.0. The third-order valence-corrected chi connectivity index (χ3v) is 8.30. The number of hydrogen-bond acceptors (Lipinski definition) is 7. The summed E-state index contributed by atoms with van der Waals surface area (Å²) in [5.74, 6) is 1.14. The highest BCUT2D eigenvalue weighted by Crippen LogP contribution is 2.39. The van der Waals surface area contributed by atoms with Crippen LogP contribution in [0, 0.1) is 5.82 Å². The molecule has 2 atom stereocenters.